The third-order valence-electron chi connectivity index (χ3n) is 3.40. The SMILES string of the molecule is CCOc1ccc(/C=C\C(=O)Nc2ccc3c(c2)OCO3)cc1N. The Balaban J connectivity index is 1.64. The number of carbonyl (C=O) groups is 1. The van der Waals surface area contributed by atoms with Crippen molar-refractivity contribution in [1.29, 1.82) is 0 Å². The monoisotopic (exact) mass is 326 g/mol. The maximum Gasteiger partial charge on any atom is 0.248 e. The lowest BCUT2D eigenvalue weighted by molar-refractivity contribution is -0.111. The molecule has 6 heteroatoms. The predicted molar refractivity (Wildman–Crippen MR) is 92.3 cm³/mol. The Kier molecular flexibility index (Phi) is 4.56. The third kappa shape index (κ3) is 3.60. The van der Waals surface area contributed by atoms with Crippen LogP contribution < -0.4 is 25.3 Å². The van der Waals surface area contributed by atoms with E-state index in [9.17, 15) is 4.79 Å². The maximum atomic E-state index is 12.0. The van der Waals surface area contributed by atoms with E-state index in [0.29, 0.717) is 35.2 Å². The molecule has 1 amide bonds. The number of hydrogen-bond donors (Lipinski definition) is 2. The molecule has 1 aliphatic heterocycles. The summed E-state index contributed by atoms with van der Waals surface area (Å²) in [5, 5.41) is 2.77. The average molecular weight is 326 g/mol. The number of hydrogen-bond acceptors (Lipinski definition) is 5. The molecule has 0 aromatic heterocycles. The fraction of sp³-hybridized carbons (Fsp3) is 0.167. The first-order chi connectivity index (χ1) is 11.7. The van der Waals surface area contributed by atoms with Crippen molar-refractivity contribution in [3.05, 3.63) is 48.0 Å². The lowest BCUT2D eigenvalue weighted by atomic mass is 10.1. The van der Waals surface area contributed by atoms with Gasteiger partial charge in [0.25, 0.3) is 0 Å². The molecule has 3 N–H and O–H groups in total. The Hall–Kier alpha value is -3.15. The summed E-state index contributed by atoms with van der Waals surface area (Å²) in [5.41, 5.74) is 7.90. The molecule has 0 bridgehead atoms. The van der Waals surface area contributed by atoms with Crippen molar-refractivity contribution in [3.63, 3.8) is 0 Å². The van der Waals surface area contributed by atoms with Crippen molar-refractivity contribution in [3.8, 4) is 17.2 Å². The zero-order valence-corrected chi connectivity index (χ0v) is 13.2. The van der Waals surface area contributed by atoms with Gasteiger partial charge in [0, 0.05) is 17.8 Å². The fourth-order valence-corrected chi connectivity index (χ4v) is 2.29. The highest BCUT2D eigenvalue weighted by atomic mass is 16.7. The number of nitrogens with two attached hydrogens (primary N) is 1. The van der Waals surface area contributed by atoms with E-state index >= 15 is 0 Å². The van der Waals surface area contributed by atoms with Crippen molar-refractivity contribution >= 4 is 23.4 Å². The number of anilines is 2. The number of amides is 1. The molecule has 0 aliphatic carbocycles. The Morgan fingerprint density at radius 3 is 2.88 bits per heavy atom. The summed E-state index contributed by atoms with van der Waals surface area (Å²) in [6.45, 7) is 2.65. The van der Waals surface area contributed by atoms with Gasteiger partial charge < -0.3 is 25.3 Å². The standard InChI is InChI=1S/C18H18N2O4/c1-2-22-15-6-3-12(9-14(15)19)4-8-18(21)20-13-5-7-16-17(10-13)24-11-23-16/h3-10H,2,11,19H2,1H3,(H,20,21)/b8-4-. The van der Waals surface area contributed by atoms with E-state index in [1.54, 1.807) is 36.4 Å². The van der Waals surface area contributed by atoms with Gasteiger partial charge in [0.15, 0.2) is 11.5 Å². The topological polar surface area (TPSA) is 82.8 Å². The van der Waals surface area contributed by atoms with Crippen molar-refractivity contribution < 1.29 is 19.0 Å². The molecule has 1 aliphatic rings. The lowest BCUT2D eigenvalue weighted by Gasteiger charge is -2.07. The van der Waals surface area contributed by atoms with Gasteiger partial charge in [-0.2, -0.15) is 0 Å². The number of fused-ring (bicyclic) bond motifs is 1. The van der Waals surface area contributed by atoms with Gasteiger partial charge in [0.2, 0.25) is 12.7 Å². The number of carbonyl (C=O) groups excluding carboxylic acids is 1. The zero-order chi connectivity index (χ0) is 16.9. The van der Waals surface area contributed by atoms with Gasteiger partial charge >= 0.3 is 0 Å². The van der Waals surface area contributed by atoms with Crippen LogP contribution in [-0.2, 0) is 4.79 Å². The molecule has 3 rings (SSSR count). The van der Waals surface area contributed by atoms with E-state index in [1.165, 1.54) is 6.08 Å². The number of nitrogen functional groups attached to an aromatic ring is 1. The summed E-state index contributed by atoms with van der Waals surface area (Å²) in [5.74, 6) is 1.69. The second kappa shape index (κ2) is 6.95. The van der Waals surface area contributed by atoms with Gasteiger partial charge in [-0.05, 0) is 42.8 Å². The van der Waals surface area contributed by atoms with Gasteiger partial charge in [-0.15, -0.1) is 0 Å². The van der Waals surface area contributed by atoms with E-state index in [4.69, 9.17) is 19.9 Å². The van der Waals surface area contributed by atoms with Crippen LogP contribution in [-0.4, -0.2) is 19.3 Å². The van der Waals surface area contributed by atoms with Crippen LogP contribution in [0.5, 0.6) is 17.2 Å². The summed E-state index contributed by atoms with van der Waals surface area (Å²) in [6.07, 6.45) is 3.13. The Morgan fingerprint density at radius 1 is 1.25 bits per heavy atom. The molecule has 6 nitrogen and oxygen atoms in total. The second-order valence-electron chi connectivity index (χ2n) is 5.12. The van der Waals surface area contributed by atoms with Gasteiger partial charge in [0.05, 0.1) is 12.3 Å². The average Bonchev–Trinajstić information content (AvgIpc) is 3.03. The molecule has 2 aromatic carbocycles. The highest BCUT2D eigenvalue weighted by Gasteiger charge is 2.13. The molecular formula is C18H18N2O4. The van der Waals surface area contributed by atoms with Crippen LogP contribution in [0.4, 0.5) is 11.4 Å². The van der Waals surface area contributed by atoms with Gasteiger partial charge in [-0.25, -0.2) is 0 Å². The molecule has 124 valence electrons. The molecule has 1 heterocycles. The van der Waals surface area contributed by atoms with Crippen LogP contribution in [0.15, 0.2) is 42.5 Å². The van der Waals surface area contributed by atoms with Crippen molar-refractivity contribution in [2.75, 3.05) is 24.5 Å². The Bertz CT molecular complexity index is 787. The molecular weight excluding hydrogens is 308 g/mol. The fourth-order valence-electron chi connectivity index (χ4n) is 2.29. The quantitative estimate of drug-likeness (QED) is 0.652. The largest absolute Gasteiger partial charge is 0.492 e. The summed E-state index contributed by atoms with van der Waals surface area (Å²) in [7, 11) is 0. The minimum atomic E-state index is -0.249. The van der Waals surface area contributed by atoms with Gasteiger partial charge in [-0.1, -0.05) is 6.07 Å². The molecule has 24 heavy (non-hydrogen) atoms. The molecule has 0 radical (unpaired) electrons. The molecule has 0 atom stereocenters. The van der Waals surface area contributed by atoms with Crippen LogP contribution in [0.25, 0.3) is 6.08 Å². The van der Waals surface area contributed by atoms with Crippen molar-refractivity contribution in [1.82, 2.24) is 0 Å². The van der Waals surface area contributed by atoms with Crippen molar-refractivity contribution in [2.24, 2.45) is 0 Å². The minimum absolute atomic E-state index is 0.200. The molecule has 0 saturated heterocycles. The summed E-state index contributed by atoms with van der Waals surface area (Å²) < 4.78 is 15.9. The van der Waals surface area contributed by atoms with E-state index < -0.39 is 0 Å². The lowest BCUT2D eigenvalue weighted by Crippen LogP contribution is -2.07. The molecule has 2 aromatic rings. The number of rotatable bonds is 5. The van der Waals surface area contributed by atoms with E-state index in [-0.39, 0.29) is 12.7 Å². The van der Waals surface area contributed by atoms with Crippen LogP contribution in [0.3, 0.4) is 0 Å². The Labute approximate surface area is 139 Å². The second-order valence-corrected chi connectivity index (χ2v) is 5.12. The highest BCUT2D eigenvalue weighted by Crippen LogP contribution is 2.34. The number of benzene rings is 2. The van der Waals surface area contributed by atoms with E-state index in [1.807, 2.05) is 13.0 Å². The van der Waals surface area contributed by atoms with Crippen LogP contribution in [0.2, 0.25) is 0 Å². The first-order valence-electron chi connectivity index (χ1n) is 7.57. The summed E-state index contributed by atoms with van der Waals surface area (Å²) in [4.78, 5) is 12.0. The highest BCUT2D eigenvalue weighted by molar-refractivity contribution is 6.02. The summed E-state index contributed by atoms with van der Waals surface area (Å²) in [6, 6.07) is 10.6. The summed E-state index contributed by atoms with van der Waals surface area (Å²) >= 11 is 0. The molecule has 0 fully saturated rings. The minimum Gasteiger partial charge on any atom is -0.492 e. The molecule has 0 unspecified atom stereocenters. The van der Waals surface area contributed by atoms with Gasteiger partial charge in [-0.3, -0.25) is 4.79 Å². The third-order valence-corrected chi connectivity index (χ3v) is 3.40. The molecule has 0 saturated carbocycles. The van der Waals surface area contributed by atoms with Crippen LogP contribution in [0.1, 0.15) is 12.5 Å². The van der Waals surface area contributed by atoms with Crippen molar-refractivity contribution in [2.45, 2.75) is 6.92 Å². The Morgan fingerprint density at radius 2 is 2.08 bits per heavy atom. The normalized spacial score (nSPS) is 12.4. The van der Waals surface area contributed by atoms with Gasteiger partial charge in [0.1, 0.15) is 5.75 Å². The zero-order valence-electron chi connectivity index (χ0n) is 13.2. The van der Waals surface area contributed by atoms with E-state index in [2.05, 4.69) is 5.32 Å². The number of nitrogens with one attached hydrogen (secondary N) is 1. The first-order valence-corrected chi connectivity index (χ1v) is 7.57. The molecule has 0 spiro atoms. The smallest absolute Gasteiger partial charge is 0.248 e. The maximum absolute atomic E-state index is 12.0. The van der Waals surface area contributed by atoms with Crippen LogP contribution in [0, 0.1) is 0 Å². The van der Waals surface area contributed by atoms with E-state index in [0.717, 1.165) is 5.56 Å². The first kappa shape index (κ1) is 15.7. The number of ether oxygens (including phenoxy) is 3. The predicted octanol–water partition coefficient (Wildman–Crippen LogP) is 3.05. The van der Waals surface area contributed by atoms with Crippen LogP contribution >= 0.6 is 0 Å².